The van der Waals surface area contributed by atoms with E-state index in [0.717, 1.165) is 11.0 Å². The zero-order valence-electron chi connectivity index (χ0n) is 10.1. The Labute approximate surface area is 104 Å². The number of ketones is 1. The van der Waals surface area contributed by atoms with Crippen LogP contribution in [0.4, 0.5) is 0 Å². The van der Waals surface area contributed by atoms with Crippen LogP contribution in [0.1, 0.15) is 17.4 Å². The van der Waals surface area contributed by atoms with Crippen LogP contribution >= 0.6 is 0 Å². The van der Waals surface area contributed by atoms with Gasteiger partial charge in [-0.3, -0.25) is 9.59 Å². The number of hydrogen-bond acceptors (Lipinski definition) is 3. The smallest absolute Gasteiger partial charge is 0.245 e. The van der Waals surface area contributed by atoms with Crippen LogP contribution in [0, 0.1) is 0 Å². The quantitative estimate of drug-likeness (QED) is 0.349. The molecule has 0 bridgehead atoms. The minimum atomic E-state index is -0.599. The van der Waals surface area contributed by atoms with Gasteiger partial charge in [0.15, 0.2) is 6.29 Å². The van der Waals surface area contributed by atoms with Crippen LogP contribution in [0.2, 0.25) is 0 Å². The molecule has 1 aromatic heterocycles. The Hall–Kier alpha value is -2.36. The Morgan fingerprint density at radius 2 is 2.17 bits per heavy atom. The van der Waals surface area contributed by atoms with Crippen LogP contribution in [0.15, 0.2) is 42.6 Å². The van der Waals surface area contributed by atoms with Gasteiger partial charge in [-0.1, -0.05) is 30.8 Å². The zero-order valence-corrected chi connectivity index (χ0v) is 10.1. The summed E-state index contributed by atoms with van der Waals surface area (Å²) in [5, 5.41) is 1.56. The summed E-state index contributed by atoms with van der Waals surface area (Å²) in [6, 6.07) is 7.32. The predicted octanol–water partition coefficient (Wildman–Crippen LogP) is 2.03. The van der Waals surface area contributed by atoms with Gasteiger partial charge in [0, 0.05) is 10.8 Å². The fourth-order valence-corrected chi connectivity index (χ4v) is 1.71. The van der Waals surface area contributed by atoms with Gasteiger partial charge in [-0.2, -0.15) is 4.73 Å². The summed E-state index contributed by atoms with van der Waals surface area (Å²) < 4.78 is 1.34. The number of nitrogens with zero attached hydrogens (tertiary/aromatic N) is 1. The number of carbonyl (C=O) groups excluding carboxylic acids is 2. The number of fused-ring (bicyclic) bond motifs is 1. The Kier molecular flexibility index (Phi) is 3.28. The summed E-state index contributed by atoms with van der Waals surface area (Å²) in [5.41, 5.74) is 1.08. The van der Waals surface area contributed by atoms with Gasteiger partial charge in [-0.25, -0.2) is 0 Å². The summed E-state index contributed by atoms with van der Waals surface area (Å²) >= 11 is 0. The molecule has 18 heavy (non-hydrogen) atoms. The lowest BCUT2D eigenvalue weighted by Crippen LogP contribution is -2.18. The molecule has 0 radical (unpaired) electrons. The monoisotopic (exact) mass is 243 g/mol. The van der Waals surface area contributed by atoms with E-state index < -0.39 is 5.78 Å². The average Bonchev–Trinajstić information content (AvgIpc) is 2.73. The third-order valence-corrected chi connectivity index (χ3v) is 2.48. The molecule has 0 aliphatic rings. The molecule has 92 valence electrons. The van der Waals surface area contributed by atoms with Crippen molar-refractivity contribution in [1.82, 2.24) is 4.73 Å². The molecule has 2 rings (SSSR count). The largest absolute Gasteiger partial charge is 0.409 e. The molecule has 0 atom stereocenters. The second-order valence-electron chi connectivity index (χ2n) is 4.10. The van der Waals surface area contributed by atoms with Gasteiger partial charge in [0.25, 0.3) is 0 Å². The van der Waals surface area contributed by atoms with E-state index in [9.17, 15) is 9.59 Å². The summed E-state index contributed by atoms with van der Waals surface area (Å²) in [6.45, 7) is 5.84. The number of aromatic nitrogens is 1. The molecule has 0 saturated carbocycles. The highest BCUT2D eigenvalue weighted by molar-refractivity contribution is 6.35. The van der Waals surface area contributed by atoms with E-state index in [2.05, 4.69) is 6.58 Å². The summed E-state index contributed by atoms with van der Waals surface area (Å²) in [7, 11) is 0. The summed E-state index contributed by atoms with van der Waals surface area (Å²) in [4.78, 5) is 27.8. The maximum atomic E-state index is 11.7. The Morgan fingerprint density at radius 1 is 1.44 bits per heavy atom. The molecular formula is C14H13NO3. The Bertz CT molecular complexity index is 625. The third-order valence-electron chi connectivity index (χ3n) is 2.48. The maximum absolute atomic E-state index is 11.7. The van der Waals surface area contributed by atoms with Gasteiger partial charge in [0.05, 0.1) is 6.20 Å². The van der Waals surface area contributed by atoms with Gasteiger partial charge in [0.2, 0.25) is 5.78 Å². The molecule has 0 saturated heterocycles. The van der Waals surface area contributed by atoms with Crippen molar-refractivity contribution in [3.05, 3.63) is 48.3 Å². The van der Waals surface area contributed by atoms with Crippen molar-refractivity contribution in [2.45, 2.75) is 6.92 Å². The molecular weight excluding hydrogens is 230 g/mol. The first-order valence-corrected chi connectivity index (χ1v) is 5.50. The van der Waals surface area contributed by atoms with E-state index in [1.54, 1.807) is 12.3 Å². The lowest BCUT2D eigenvalue weighted by atomic mass is 10.1. The van der Waals surface area contributed by atoms with Gasteiger partial charge in [0.1, 0.15) is 12.3 Å². The second-order valence-corrected chi connectivity index (χ2v) is 4.10. The SMILES string of the molecule is C=C(C)COn1cc2ccccc2c1C(=O)C=O. The van der Waals surface area contributed by atoms with Crippen LogP contribution in [0.25, 0.3) is 10.8 Å². The van der Waals surface area contributed by atoms with Gasteiger partial charge in [-0.05, 0) is 12.5 Å². The van der Waals surface area contributed by atoms with Crippen LogP contribution in [-0.2, 0) is 4.79 Å². The molecule has 4 nitrogen and oxygen atoms in total. The van der Waals surface area contributed by atoms with Crippen LogP contribution in [0.3, 0.4) is 0 Å². The number of carbonyl (C=O) groups is 2. The van der Waals surface area contributed by atoms with Crippen LogP contribution in [-0.4, -0.2) is 23.4 Å². The molecule has 0 N–H and O–H groups in total. The lowest BCUT2D eigenvalue weighted by molar-refractivity contribution is -0.104. The molecule has 0 unspecified atom stereocenters. The minimum Gasteiger partial charge on any atom is -0.409 e. The predicted molar refractivity (Wildman–Crippen MR) is 68.6 cm³/mol. The summed E-state index contributed by atoms with van der Waals surface area (Å²) in [5.74, 6) is -0.599. The van der Waals surface area contributed by atoms with Crippen molar-refractivity contribution in [3.63, 3.8) is 0 Å². The Morgan fingerprint density at radius 3 is 2.83 bits per heavy atom. The van der Waals surface area contributed by atoms with Crippen molar-refractivity contribution in [2.24, 2.45) is 0 Å². The number of hydrogen-bond donors (Lipinski definition) is 0. The fourth-order valence-electron chi connectivity index (χ4n) is 1.71. The van der Waals surface area contributed by atoms with Crippen LogP contribution in [0.5, 0.6) is 0 Å². The maximum Gasteiger partial charge on any atom is 0.245 e. The van der Waals surface area contributed by atoms with E-state index in [1.165, 1.54) is 4.73 Å². The van der Waals surface area contributed by atoms with Gasteiger partial charge >= 0.3 is 0 Å². The first kappa shape index (κ1) is 12.1. The zero-order chi connectivity index (χ0) is 13.1. The standard InChI is InChI=1S/C14H13NO3/c1-10(2)9-18-15-7-11-5-3-4-6-12(11)14(15)13(17)8-16/h3-8H,1,9H2,2H3. The number of rotatable bonds is 5. The van der Waals surface area contributed by atoms with E-state index in [0.29, 0.717) is 18.3 Å². The average molecular weight is 243 g/mol. The van der Waals surface area contributed by atoms with Crippen molar-refractivity contribution in [2.75, 3.05) is 6.61 Å². The molecule has 1 heterocycles. The first-order chi connectivity index (χ1) is 8.63. The van der Waals surface area contributed by atoms with Crippen molar-refractivity contribution >= 4 is 22.8 Å². The summed E-state index contributed by atoms with van der Waals surface area (Å²) in [6.07, 6.45) is 1.98. The molecule has 0 aliphatic heterocycles. The van der Waals surface area contributed by atoms with Gasteiger partial charge < -0.3 is 4.84 Å². The number of benzene rings is 1. The minimum absolute atomic E-state index is 0.252. The molecule has 0 aliphatic carbocycles. The van der Waals surface area contributed by atoms with E-state index in [1.807, 2.05) is 25.1 Å². The topological polar surface area (TPSA) is 48.3 Å². The highest BCUT2D eigenvalue weighted by atomic mass is 16.7. The first-order valence-electron chi connectivity index (χ1n) is 5.50. The molecule has 2 aromatic rings. The van der Waals surface area contributed by atoms with Crippen molar-refractivity contribution in [3.8, 4) is 0 Å². The highest BCUT2D eigenvalue weighted by Gasteiger charge is 2.16. The molecule has 0 spiro atoms. The Balaban J connectivity index is 2.53. The van der Waals surface area contributed by atoms with E-state index in [4.69, 9.17) is 4.84 Å². The second kappa shape index (κ2) is 4.87. The normalized spacial score (nSPS) is 10.3. The molecule has 4 heteroatoms. The van der Waals surface area contributed by atoms with Crippen LogP contribution < -0.4 is 4.84 Å². The van der Waals surface area contributed by atoms with Crippen molar-refractivity contribution in [1.29, 1.82) is 0 Å². The van der Waals surface area contributed by atoms with E-state index in [-0.39, 0.29) is 5.69 Å². The van der Waals surface area contributed by atoms with Crippen molar-refractivity contribution < 1.29 is 14.4 Å². The van der Waals surface area contributed by atoms with E-state index >= 15 is 0 Å². The molecule has 1 aromatic carbocycles. The lowest BCUT2D eigenvalue weighted by Gasteiger charge is -2.08. The number of Topliss-reactive ketones (excluding diaryl/α,β-unsaturated/α-hetero) is 1. The third kappa shape index (κ3) is 2.18. The fraction of sp³-hybridized carbons (Fsp3) is 0.143. The van der Waals surface area contributed by atoms with Gasteiger partial charge in [-0.15, -0.1) is 0 Å². The number of aldehydes is 1. The molecule has 0 fully saturated rings. The molecule has 0 amide bonds. The highest BCUT2D eigenvalue weighted by Crippen LogP contribution is 2.20.